The van der Waals surface area contributed by atoms with Gasteiger partial charge in [0.1, 0.15) is 5.92 Å². The number of nitrogens with zero attached hydrogens (tertiary/aromatic N) is 3. The number of likely N-dealkylation sites (tertiary alicyclic amines) is 1. The largest absolute Gasteiger partial charge is 0.342 e. The molecule has 2 aliphatic rings. The van der Waals surface area contributed by atoms with Crippen LogP contribution in [0.15, 0.2) is 77.8 Å². The molecule has 0 aromatic heterocycles. The minimum absolute atomic E-state index is 0.0708. The number of anilines is 1. The number of nitro groups is 1. The van der Waals surface area contributed by atoms with Gasteiger partial charge in [0.05, 0.1) is 16.3 Å². The number of non-ortho nitro benzene ring substituents is 1. The summed E-state index contributed by atoms with van der Waals surface area (Å²) in [6, 6.07) is 21.5. The van der Waals surface area contributed by atoms with Crippen LogP contribution in [0.5, 0.6) is 0 Å². The molecule has 3 aromatic carbocycles. The highest BCUT2D eigenvalue weighted by Crippen LogP contribution is 2.38. The van der Waals surface area contributed by atoms with Gasteiger partial charge in [-0.15, -0.1) is 0 Å². The number of aliphatic imine (C=N–C) groups is 1. The van der Waals surface area contributed by atoms with E-state index >= 15 is 0 Å². The van der Waals surface area contributed by atoms with Crippen LogP contribution >= 0.6 is 0 Å². The van der Waals surface area contributed by atoms with Crippen LogP contribution in [-0.2, 0) is 16.0 Å². The van der Waals surface area contributed by atoms with Crippen molar-refractivity contribution in [1.29, 1.82) is 0 Å². The van der Waals surface area contributed by atoms with Gasteiger partial charge < -0.3 is 10.2 Å². The van der Waals surface area contributed by atoms with Crippen molar-refractivity contribution < 1.29 is 14.5 Å². The minimum Gasteiger partial charge on any atom is -0.342 e. The molecule has 0 saturated carbocycles. The number of carbonyl (C=O) groups excluding carboxylic acids is 2. The average Bonchev–Trinajstić information content (AvgIpc) is 3.43. The Balaban J connectivity index is 1.46. The van der Waals surface area contributed by atoms with Crippen molar-refractivity contribution in [2.24, 2.45) is 4.99 Å². The molecule has 0 spiro atoms. The van der Waals surface area contributed by atoms with Gasteiger partial charge in [-0.1, -0.05) is 42.5 Å². The molecule has 0 aliphatic carbocycles. The lowest BCUT2D eigenvalue weighted by Gasteiger charge is -2.15. The summed E-state index contributed by atoms with van der Waals surface area (Å²) in [5.74, 6) is -0.822. The Morgan fingerprint density at radius 1 is 1.06 bits per heavy atom. The SMILES string of the molecule is O=C1Nc2ccc([N+](=O)[O-])cc2C1C(=Nc1ccc(CCN2CCCC2=O)cc1)c1ccccc1. The Morgan fingerprint density at radius 3 is 2.51 bits per heavy atom. The lowest BCUT2D eigenvalue weighted by molar-refractivity contribution is -0.384. The molecule has 0 radical (unpaired) electrons. The van der Waals surface area contributed by atoms with E-state index in [1.54, 1.807) is 6.07 Å². The molecule has 1 saturated heterocycles. The van der Waals surface area contributed by atoms with Crippen molar-refractivity contribution in [3.05, 3.63) is 99.6 Å². The molecule has 8 nitrogen and oxygen atoms in total. The summed E-state index contributed by atoms with van der Waals surface area (Å²) >= 11 is 0. The predicted molar refractivity (Wildman–Crippen MR) is 133 cm³/mol. The zero-order chi connectivity index (χ0) is 24.4. The van der Waals surface area contributed by atoms with Crippen LogP contribution in [0.2, 0.25) is 0 Å². The summed E-state index contributed by atoms with van der Waals surface area (Å²) in [5, 5.41) is 14.2. The molecule has 2 aliphatic heterocycles. The van der Waals surface area contributed by atoms with Crippen LogP contribution in [0.1, 0.15) is 35.4 Å². The summed E-state index contributed by atoms with van der Waals surface area (Å²) in [5.41, 5.74) is 4.10. The third-order valence-electron chi connectivity index (χ3n) is 6.45. The Bertz CT molecular complexity index is 1320. The quantitative estimate of drug-likeness (QED) is 0.310. The molecule has 1 unspecified atom stereocenters. The van der Waals surface area contributed by atoms with Crippen molar-refractivity contribution in [1.82, 2.24) is 4.90 Å². The van der Waals surface area contributed by atoms with Gasteiger partial charge in [0.15, 0.2) is 0 Å². The maximum absolute atomic E-state index is 13.0. The van der Waals surface area contributed by atoms with Gasteiger partial charge in [0.25, 0.3) is 5.69 Å². The van der Waals surface area contributed by atoms with Crippen molar-refractivity contribution in [3.8, 4) is 0 Å². The molecule has 35 heavy (non-hydrogen) atoms. The lowest BCUT2D eigenvalue weighted by atomic mass is 9.90. The van der Waals surface area contributed by atoms with E-state index in [9.17, 15) is 19.7 Å². The van der Waals surface area contributed by atoms with Crippen LogP contribution < -0.4 is 5.32 Å². The first-order valence-electron chi connectivity index (χ1n) is 11.6. The van der Waals surface area contributed by atoms with Gasteiger partial charge in [0.2, 0.25) is 11.8 Å². The van der Waals surface area contributed by atoms with E-state index in [2.05, 4.69) is 5.32 Å². The maximum atomic E-state index is 13.0. The van der Waals surface area contributed by atoms with Gasteiger partial charge in [0, 0.05) is 42.9 Å². The predicted octanol–water partition coefficient (Wildman–Crippen LogP) is 4.62. The second-order valence-electron chi connectivity index (χ2n) is 8.71. The first-order chi connectivity index (χ1) is 17.0. The van der Waals surface area contributed by atoms with Gasteiger partial charge in [-0.05, 0) is 42.2 Å². The molecular formula is C27H24N4O4. The van der Waals surface area contributed by atoms with Crippen molar-refractivity contribution in [2.75, 3.05) is 18.4 Å². The van der Waals surface area contributed by atoms with Crippen LogP contribution in [0.3, 0.4) is 0 Å². The number of nitrogens with one attached hydrogen (secondary N) is 1. The van der Waals surface area contributed by atoms with Crippen molar-refractivity contribution in [3.63, 3.8) is 0 Å². The molecule has 1 fully saturated rings. The van der Waals surface area contributed by atoms with Crippen molar-refractivity contribution >= 4 is 34.6 Å². The fourth-order valence-corrected chi connectivity index (χ4v) is 4.62. The molecule has 1 N–H and O–H groups in total. The molecule has 2 amide bonds. The highest BCUT2D eigenvalue weighted by Gasteiger charge is 2.36. The second kappa shape index (κ2) is 9.50. The molecule has 176 valence electrons. The number of amides is 2. The molecule has 0 bridgehead atoms. The number of nitro benzene ring substituents is 1. The summed E-state index contributed by atoms with van der Waals surface area (Å²) in [7, 11) is 0. The van der Waals surface area contributed by atoms with Gasteiger partial charge >= 0.3 is 0 Å². The second-order valence-corrected chi connectivity index (χ2v) is 8.71. The van der Waals surface area contributed by atoms with Crippen LogP contribution in [-0.4, -0.2) is 40.4 Å². The van der Waals surface area contributed by atoms with Gasteiger partial charge in [-0.2, -0.15) is 0 Å². The number of rotatable bonds is 7. The highest BCUT2D eigenvalue weighted by atomic mass is 16.6. The molecule has 3 aromatic rings. The topological polar surface area (TPSA) is 105 Å². The number of benzene rings is 3. The highest BCUT2D eigenvalue weighted by molar-refractivity contribution is 6.24. The molecule has 1 atom stereocenters. The normalized spacial score (nSPS) is 17.4. The lowest BCUT2D eigenvalue weighted by Crippen LogP contribution is -2.26. The Kier molecular flexibility index (Phi) is 6.10. The summed E-state index contributed by atoms with van der Waals surface area (Å²) in [6.45, 7) is 1.53. The number of hydrogen-bond donors (Lipinski definition) is 1. The van der Waals surface area contributed by atoms with E-state index in [-0.39, 0.29) is 17.5 Å². The third-order valence-corrected chi connectivity index (χ3v) is 6.45. The summed E-state index contributed by atoms with van der Waals surface area (Å²) < 4.78 is 0. The average molecular weight is 469 g/mol. The van der Waals surface area contributed by atoms with Gasteiger partial charge in [-0.25, -0.2) is 0 Å². The maximum Gasteiger partial charge on any atom is 0.269 e. The first-order valence-corrected chi connectivity index (χ1v) is 11.6. The monoisotopic (exact) mass is 468 g/mol. The summed E-state index contributed by atoms with van der Waals surface area (Å²) in [6.07, 6.45) is 2.33. The first kappa shape index (κ1) is 22.5. The number of hydrogen-bond acceptors (Lipinski definition) is 5. The zero-order valence-corrected chi connectivity index (χ0v) is 19.0. The molecule has 8 heteroatoms. The molecular weight excluding hydrogens is 444 g/mol. The standard InChI is InChI=1S/C27H24N4O4/c32-24-7-4-15-30(24)16-14-18-8-10-20(11-9-18)28-26(19-5-2-1-3-6-19)25-22-17-21(31(34)35)12-13-23(22)29-27(25)33/h1-3,5-6,8-13,17,25H,4,7,14-16H2,(H,29,33). The molecule has 2 heterocycles. The fraction of sp³-hybridized carbons (Fsp3) is 0.222. The number of fused-ring (bicyclic) bond motifs is 1. The number of carbonyl (C=O) groups is 2. The Hall–Kier alpha value is -4.33. The van der Waals surface area contributed by atoms with E-state index in [1.807, 2.05) is 59.5 Å². The third kappa shape index (κ3) is 4.68. The van der Waals surface area contributed by atoms with Crippen molar-refractivity contribution in [2.45, 2.75) is 25.2 Å². The van der Waals surface area contributed by atoms with Crippen LogP contribution in [0.25, 0.3) is 0 Å². The fourth-order valence-electron chi connectivity index (χ4n) is 4.62. The smallest absolute Gasteiger partial charge is 0.269 e. The van der Waals surface area contributed by atoms with Crippen LogP contribution in [0, 0.1) is 10.1 Å². The van der Waals surface area contributed by atoms with Crippen LogP contribution in [0.4, 0.5) is 17.1 Å². The van der Waals surface area contributed by atoms with E-state index in [4.69, 9.17) is 4.99 Å². The van der Waals surface area contributed by atoms with E-state index < -0.39 is 10.8 Å². The molecule has 5 rings (SSSR count). The Morgan fingerprint density at radius 2 is 1.83 bits per heavy atom. The van der Waals surface area contributed by atoms with Gasteiger partial charge in [-0.3, -0.25) is 24.7 Å². The zero-order valence-electron chi connectivity index (χ0n) is 19.0. The van der Waals surface area contributed by atoms with E-state index in [0.717, 1.165) is 30.5 Å². The van der Waals surface area contributed by atoms with E-state index in [0.29, 0.717) is 35.6 Å². The summed E-state index contributed by atoms with van der Waals surface area (Å²) in [4.78, 5) is 42.5. The Labute approximate surface area is 202 Å². The van der Waals surface area contributed by atoms with E-state index in [1.165, 1.54) is 12.1 Å². The minimum atomic E-state index is -0.770.